The van der Waals surface area contributed by atoms with Gasteiger partial charge in [0.25, 0.3) is 0 Å². The molecule has 0 unspecified atom stereocenters. The van der Waals surface area contributed by atoms with E-state index in [9.17, 15) is 4.79 Å². The average Bonchev–Trinajstić information content (AvgIpc) is 2.93. The van der Waals surface area contributed by atoms with Crippen molar-refractivity contribution in [3.63, 3.8) is 0 Å². The van der Waals surface area contributed by atoms with Crippen molar-refractivity contribution in [2.75, 3.05) is 12.4 Å². The number of rotatable bonds is 5. The van der Waals surface area contributed by atoms with Gasteiger partial charge in [0.1, 0.15) is 17.1 Å². The van der Waals surface area contributed by atoms with Crippen LogP contribution in [0.15, 0.2) is 30.3 Å². The standard InChI is InChI=1S/C20H24N4O2/c1-12(2)9-19(25)21-18-11-14(4)23-24(18)17-10-13(3)15-7-6-8-16(26-5)20(15)22-17/h6-8,10-12H,9H2,1-5H3,(H,21,25). The number of carbonyl (C=O) groups is 1. The minimum Gasteiger partial charge on any atom is -0.494 e. The molecule has 6 heteroatoms. The van der Waals surface area contributed by atoms with Crippen molar-refractivity contribution in [1.82, 2.24) is 14.8 Å². The Balaban J connectivity index is 2.08. The fourth-order valence-electron chi connectivity index (χ4n) is 2.98. The van der Waals surface area contributed by atoms with Gasteiger partial charge in [-0.15, -0.1) is 0 Å². The summed E-state index contributed by atoms with van der Waals surface area (Å²) in [5.74, 6) is 2.23. The zero-order valence-corrected chi connectivity index (χ0v) is 15.8. The highest BCUT2D eigenvalue weighted by Gasteiger charge is 2.15. The van der Waals surface area contributed by atoms with Gasteiger partial charge in [-0.2, -0.15) is 9.78 Å². The van der Waals surface area contributed by atoms with Crippen LogP contribution in [0.1, 0.15) is 31.5 Å². The molecule has 1 amide bonds. The van der Waals surface area contributed by atoms with Gasteiger partial charge in [-0.25, -0.2) is 4.98 Å². The first kappa shape index (κ1) is 17.9. The molecule has 2 aromatic heterocycles. The maximum atomic E-state index is 12.2. The van der Waals surface area contributed by atoms with E-state index >= 15 is 0 Å². The highest BCUT2D eigenvalue weighted by molar-refractivity contribution is 5.91. The largest absolute Gasteiger partial charge is 0.494 e. The lowest BCUT2D eigenvalue weighted by Gasteiger charge is -2.12. The van der Waals surface area contributed by atoms with Gasteiger partial charge in [0.15, 0.2) is 5.82 Å². The smallest absolute Gasteiger partial charge is 0.225 e. The summed E-state index contributed by atoms with van der Waals surface area (Å²) in [7, 11) is 1.63. The van der Waals surface area contributed by atoms with Crippen LogP contribution < -0.4 is 10.1 Å². The van der Waals surface area contributed by atoms with E-state index < -0.39 is 0 Å². The molecular formula is C20H24N4O2. The molecule has 26 heavy (non-hydrogen) atoms. The van der Waals surface area contributed by atoms with Crippen molar-refractivity contribution < 1.29 is 9.53 Å². The number of fused-ring (bicyclic) bond motifs is 1. The summed E-state index contributed by atoms with van der Waals surface area (Å²) in [4.78, 5) is 16.9. The SMILES string of the molecule is COc1cccc2c(C)cc(-n3nc(C)cc3NC(=O)CC(C)C)nc12. The molecule has 0 bridgehead atoms. The van der Waals surface area contributed by atoms with Crippen molar-refractivity contribution >= 4 is 22.6 Å². The monoisotopic (exact) mass is 352 g/mol. The van der Waals surface area contributed by atoms with E-state index in [2.05, 4.69) is 10.4 Å². The molecule has 0 aliphatic heterocycles. The van der Waals surface area contributed by atoms with Crippen LogP contribution in [0, 0.1) is 19.8 Å². The topological polar surface area (TPSA) is 69.0 Å². The molecule has 6 nitrogen and oxygen atoms in total. The van der Waals surface area contributed by atoms with Gasteiger partial charge in [-0.3, -0.25) is 4.79 Å². The van der Waals surface area contributed by atoms with Gasteiger partial charge in [0, 0.05) is 17.9 Å². The molecule has 0 saturated carbocycles. The second-order valence-electron chi connectivity index (χ2n) is 6.88. The predicted octanol–water partition coefficient (Wildman–Crippen LogP) is 4.03. The number of pyridine rings is 1. The zero-order chi connectivity index (χ0) is 18.8. The van der Waals surface area contributed by atoms with E-state index in [1.807, 2.05) is 58.0 Å². The summed E-state index contributed by atoms with van der Waals surface area (Å²) < 4.78 is 7.13. The number of nitrogens with one attached hydrogen (secondary N) is 1. The number of anilines is 1. The number of ether oxygens (including phenoxy) is 1. The summed E-state index contributed by atoms with van der Waals surface area (Å²) in [6, 6.07) is 9.67. The van der Waals surface area contributed by atoms with Gasteiger partial charge in [0.05, 0.1) is 12.8 Å². The first-order valence-corrected chi connectivity index (χ1v) is 8.70. The summed E-state index contributed by atoms with van der Waals surface area (Å²) in [6.45, 7) is 7.95. The van der Waals surface area contributed by atoms with E-state index in [1.54, 1.807) is 11.8 Å². The quantitative estimate of drug-likeness (QED) is 0.753. The number of aromatic nitrogens is 3. The van der Waals surface area contributed by atoms with E-state index in [1.165, 1.54) is 0 Å². The summed E-state index contributed by atoms with van der Waals surface area (Å²) in [6.07, 6.45) is 0.461. The molecule has 0 radical (unpaired) electrons. The van der Waals surface area contributed by atoms with E-state index in [4.69, 9.17) is 9.72 Å². The second kappa shape index (κ2) is 7.15. The molecule has 0 aliphatic rings. The number of para-hydroxylation sites is 1. The summed E-state index contributed by atoms with van der Waals surface area (Å²) in [5, 5.41) is 8.49. The van der Waals surface area contributed by atoms with Gasteiger partial charge in [0.2, 0.25) is 5.91 Å². The van der Waals surface area contributed by atoms with Crippen LogP contribution in [-0.4, -0.2) is 27.8 Å². The third kappa shape index (κ3) is 3.54. The number of hydrogen-bond acceptors (Lipinski definition) is 4. The minimum absolute atomic E-state index is 0.0313. The molecule has 3 rings (SSSR count). The van der Waals surface area contributed by atoms with E-state index in [-0.39, 0.29) is 11.8 Å². The average molecular weight is 352 g/mol. The normalized spacial score (nSPS) is 11.2. The Hall–Kier alpha value is -2.89. The maximum absolute atomic E-state index is 12.2. The van der Waals surface area contributed by atoms with Crippen LogP contribution in [0.2, 0.25) is 0 Å². The first-order chi connectivity index (χ1) is 12.4. The lowest BCUT2D eigenvalue weighted by atomic mass is 10.1. The van der Waals surface area contributed by atoms with Gasteiger partial charge >= 0.3 is 0 Å². The van der Waals surface area contributed by atoms with E-state index in [0.29, 0.717) is 23.8 Å². The number of aryl methyl sites for hydroxylation is 2. The van der Waals surface area contributed by atoms with E-state index in [0.717, 1.165) is 22.2 Å². The molecular weight excluding hydrogens is 328 g/mol. The summed E-state index contributed by atoms with van der Waals surface area (Å²) >= 11 is 0. The Morgan fingerprint density at radius 1 is 1.27 bits per heavy atom. The highest BCUT2D eigenvalue weighted by atomic mass is 16.5. The molecule has 2 heterocycles. The van der Waals surface area contributed by atoms with Crippen LogP contribution in [0.4, 0.5) is 5.82 Å². The minimum atomic E-state index is -0.0313. The Labute approximate surface area is 153 Å². The molecule has 136 valence electrons. The van der Waals surface area contributed by atoms with Crippen molar-refractivity contribution in [1.29, 1.82) is 0 Å². The predicted molar refractivity (Wildman–Crippen MR) is 103 cm³/mol. The van der Waals surface area contributed by atoms with Crippen LogP contribution in [0.3, 0.4) is 0 Å². The first-order valence-electron chi connectivity index (χ1n) is 8.70. The number of hydrogen-bond donors (Lipinski definition) is 1. The third-order valence-electron chi connectivity index (χ3n) is 4.13. The lowest BCUT2D eigenvalue weighted by molar-refractivity contribution is -0.116. The number of nitrogens with zero attached hydrogens (tertiary/aromatic N) is 3. The van der Waals surface area contributed by atoms with Crippen LogP contribution >= 0.6 is 0 Å². The number of amides is 1. The van der Waals surface area contributed by atoms with Gasteiger partial charge < -0.3 is 10.1 Å². The van der Waals surface area contributed by atoms with Crippen LogP contribution in [-0.2, 0) is 4.79 Å². The Morgan fingerprint density at radius 3 is 2.73 bits per heavy atom. The van der Waals surface area contributed by atoms with Gasteiger partial charge in [-0.1, -0.05) is 26.0 Å². The number of carbonyl (C=O) groups excluding carboxylic acids is 1. The molecule has 0 aliphatic carbocycles. The maximum Gasteiger partial charge on any atom is 0.225 e. The zero-order valence-electron chi connectivity index (χ0n) is 15.8. The molecule has 0 spiro atoms. The molecule has 0 fully saturated rings. The van der Waals surface area contributed by atoms with Gasteiger partial charge in [-0.05, 0) is 37.5 Å². The molecule has 1 aromatic carbocycles. The molecule has 1 N–H and O–H groups in total. The van der Waals surface area contributed by atoms with Crippen molar-refractivity contribution in [3.05, 3.63) is 41.6 Å². The number of benzene rings is 1. The number of methoxy groups -OCH3 is 1. The fraction of sp³-hybridized carbons (Fsp3) is 0.350. The fourth-order valence-corrected chi connectivity index (χ4v) is 2.98. The Morgan fingerprint density at radius 2 is 2.04 bits per heavy atom. The molecule has 3 aromatic rings. The Kier molecular flexibility index (Phi) is 4.93. The van der Waals surface area contributed by atoms with Crippen molar-refractivity contribution in [2.24, 2.45) is 5.92 Å². The Bertz CT molecular complexity index is 960. The van der Waals surface area contributed by atoms with Crippen molar-refractivity contribution in [2.45, 2.75) is 34.1 Å². The molecule has 0 saturated heterocycles. The molecule has 0 atom stereocenters. The highest BCUT2D eigenvalue weighted by Crippen LogP contribution is 2.28. The third-order valence-corrected chi connectivity index (χ3v) is 4.13. The van der Waals surface area contributed by atoms with Crippen LogP contribution in [0.25, 0.3) is 16.7 Å². The van der Waals surface area contributed by atoms with Crippen LogP contribution in [0.5, 0.6) is 5.75 Å². The van der Waals surface area contributed by atoms with Crippen molar-refractivity contribution in [3.8, 4) is 11.6 Å². The lowest BCUT2D eigenvalue weighted by Crippen LogP contribution is -2.17. The summed E-state index contributed by atoms with van der Waals surface area (Å²) in [5.41, 5.74) is 2.65. The second-order valence-corrected chi connectivity index (χ2v) is 6.88.